The van der Waals surface area contributed by atoms with Crippen LogP contribution in [0.4, 0.5) is 5.69 Å². The smallest absolute Gasteiger partial charge is 0.264 e. The first-order chi connectivity index (χ1) is 15.7. The van der Waals surface area contributed by atoms with E-state index in [-0.39, 0.29) is 20.6 Å². The molecule has 33 heavy (non-hydrogen) atoms. The Kier molecular flexibility index (Phi) is 8.70. The number of nitrogens with zero attached hydrogens (tertiary/aromatic N) is 1. The van der Waals surface area contributed by atoms with Crippen LogP contribution >= 0.6 is 35.0 Å². The van der Waals surface area contributed by atoms with Gasteiger partial charge in [0.15, 0.2) is 0 Å². The molecular formula is C24H24Cl2N2O3S2. The van der Waals surface area contributed by atoms with Crippen LogP contribution in [0.5, 0.6) is 0 Å². The molecule has 174 valence electrons. The lowest BCUT2D eigenvalue weighted by molar-refractivity contribution is -0.119. The lowest BCUT2D eigenvalue weighted by Crippen LogP contribution is -2.41. The number of sulfonamides is 1. The summed E-state index contributed by atoms with van der Waals surface area (Å²) in [4.78, 5) is 13.9. The van der Waals surface area contributed by atoms with E-state index in [0.29, 0.717) is 12.3 Å². The number of carbonyl (C=O) groups excluding carboxylic acids is 1. The van der Waals surface area contributed by atoms with Crippen molar-refractivity contribution in [2.24, 2.45) is 0 Å². The molecule has 0 aliphatic carbocycles. The van der Waals surface area contributed by atoms with Gasteiger partial charge in [0.25, 0.3) is 10.0 Å². The molecule has 0 bridgehead atoms. The number of nitrogens with one attached hydrogen (secondary N) is 1. The first-order valence-corrected chi connectivity index (χ1v) is 13.4. The summed E-state index contributed by atoms with van der Waals surface area (Å²) in [5, 5.41) is 3.06. The average Bonchev–Trinajstić information content (AvgIpc) is 2.78. The molecule has 3 aromatic carbocycles. The fourth-order valence-corrected chi connectivity index (χ4v) is 5.65. The van der Waals surface area contributed by atoms with Crippen LogP contribution in [-0.2, 0) is 14.8 Å². The summed E-state index contributed by atoms with van der Waals surface area (Å²) in [5.41, 5.74) is 2.25. The normalized spacial score (nSPS) is 11.3. The molecule has 0 aliphatic heterocycles. The number of hydrogen-bond acceptors (Lipinski definition) is 4. The van der Waals surface area contributed by atoms with Gasteiger partial charge in [-0.1, -0.05) is 64.7 Å². The van der Waals surface area contributed by atoms with E-state index in [4.69, 9.17) is 23.2 Å². The van der Waals surface area contributed by atoms with Crippen molar-refractivity contribution in [3.05, 3.63) is 87.9 Å². The highest BCUT2D eigenvalue weighted by Crippen LogP contribution is 2.35. The van der Waals surface area contributed by atoms with Crippen molar-refractivity contribution in [3.63, 3.8) is 0 Å². The number of hydrogen-bond donors (Lipinski definition) is 1. The summed E-state index contributed by atoms with van der Waals surface area (Å²) in [6.07, 6.45) is 0. The van der Waals surface area contributed by atoms with E-state index in [0.717, 1.165) is 14.8 Å². The fourth-order valence-electron chi connectivity index (χ4n) is 3.00. The van der Waals surface area contributed by atoms with Crippen LogP contribution in [0.3, 0.4) is 0 Å². The van der Waals surface area contributed by atoms with E-state index in [1.807, 2.05) is 38.1 Å². The van der Waals surface area contributed by atoms with Crippen LogP contribution in [0, 0.1) is 13.8 Å². The van der Waals surface area contributed by atoms with Crippen LogP contribution < -0.4 is 9.62 Å². The van der Waals surface area contributed by atoms with Gasteiger partial charge in [0, 0.05) is 17.2 Å². The Bertz CT molecular complexity index is 1220. The van der Waals surface area contributed by atoms with Crippen molar-refractivity contribution in [1.82, 2.24) is 5.32 Å². The monoisotopic (exact) mass is 522 g/mol. The van der Waals surface area contributed by atoms with Gasteiger partial charge in [-0.25, -0.2) is 8.42 Å². The molecule has 0 radical (unpaired) electrons. The number of benzene rings is 3. The first kappa shape index (κ1) is 25.4. The van der Waals surface area contributed by atoms with Crippen LogP contribution in [0.1, 0.15) is 11.1 Å². The minimum absolute atomic E-state index is 0.0619. The summed E-state index contributed by atoms with van der Waals surface area (Å²) >= 11 is 14.1. The molecule has 0 saturated carbocycles. The molecule has 0 atom stereocenters. The molecular weight excluding hydrogens is 499 g/mol. The van der Waals surface area contributed by atoms with E-state index in [1.165, 1.54) is 23.8 Å². The molecule has 3 aromatic rings. The maximum absolute atomic E-state index is 13.4. The van der Waals surface area contributed by atoms with E-state index in [1.54, 1.807) is 36.0 Å². The van der Waals surface area contributed by atoms with Gasteiger partial charge in [-0.3, -0.25) is 9.10 Å². The SMILES string of the molecule is Cc1ccc(SCCNC(=O)CN(c2cccc(Cl)c2Cl)S(=O)(=O)c2ccc(C)cc2)cc1. The molecule has 0 fully saturated rings. The van der Waals surface area contributed by atoms with Gasteiger partial charge in [-0.2, -0.15) is 0 Å². The average molecular weight is 524 g/mol. The Balaban J connectivity index is 1.75. The van der Waals surface area contributed by atoms with Crippen molar-refractivity contribution in [1.29, 1.82) is 0 Å². The third-order valence-electron chi connectivity index (χ3n) is 4.81. The van der Waals surface area contributed by atoms with Crippen LogP contribution in [0.15, 0.2) is 76.5 Å². The number of rotatable bonds is 9. The Labute approximate surface area is 209 Å². The number of aryl methyl sites for hydroxylation is 2. The Morgan fingerprint density at radius 1 is 0.939 bits per heavy atom. The second-order valence-corrected chi connectivity index (χ2v) is 11.2. The third-order valence-corrected chi connectivity index (χ3v) is 8.41. The second-order valence-electron chi connectivity index (χ2n) is 7.41. The quantitative estimate of drug-likeness (QED) is 0.288. The Morgan fingerprint density at radius 3 is 2.18 bits per heavy atom. The Hall–Kier alpha value is -2.19. The van der Waals surface area contributed by atoms with Crippen molar-refractivity contribution in [2.45, 2.75) is 23.6 Å². The van der Waals surface area contributed by atoms with Gasteiger partial charge in [0.2, 0.25) is 5.91 Å². The minimum Gasteiger partial charge on any atom is -0.354 e. The maximum Gasteiger partial charge on any atom is 0.264 e. The molecule has 0 heterocycles. The van der Waals surface area contributed by atoms with E-state index in [9.17, 15) is 13.2 Å². The summed E-state index contributed by atoms with van der Waals surface area (Å²) in [6, 6.07) is 19.2. The van der Waals surface area contributed by atoms with E-state index >= 15 is 0 Å². The molecule has 9 heteroatoms. The third kappa shape index (κ3) is 6.67. The lowest BCUT2D eigenvalue weighted by atomic mass is 10.2. The van der Waals surface area contributed by atoms with Crippen molar-refractivity contribution >= 4 is 56.6 Å². The summed E-state index contributed by atoms with van der Waals surface area (Å²) in [7, 11) is -4.06. The van der Waals surface area contributed by atoms with E-state index < -0.39 is 22.5 Å². The van der Waals surface area contributed by atoms with Gasteiger partial charge in [0.05, 0.1) is 20.6 Å². The molecule has 0 aromatic heterocycles. The van der Waals surface area contributed by atoms with Gasteiger partial charge in [0.1, 0.15) is 6.54 Å². The number of thioether (sulfide) groups is 1. The summed E-state index contributed by atoms with van der Waals surface area (Å²) in [5.74, 6) is 0.212. The highest BCUT2D eigenvalue weighted by molar-refractivity contribution is 7.99. The zero-order valence-electron chi connectivity index (χ0n) is 18.2. The molecule has 1 amide bonds. The van der Waals surface area contributed by atoms with Crippen molar-refractivity contribution in [3.8, 4) is 0 Å². The van der Waals surface area contributed by atoms with E-state index in [2.05, 4.69) is 5.32 Å². The van der Waals surface area contributed by atoms with Crippen molar-refractivity contribution < 1.29 is 13.2 Å². The van der Waals surface area contributed by atoms with Crippen LogP contribution in [-0.4, -0.2) is 33.2 Å². The van der Waals surface area contributed by atoms with Gasteiger partial charge < -0.3 is 5.32 Å². The van der Waals surface area contributed by atoms with Gasteiger partial charge in [-0.05, 0) is 50.2 Å². The fraction of sp³-hybridized carbons (Fsp3) is 0.208. The molecule has 0 aliphatic rings. The largest absolute Gasteiger partial charge is 0.354 e. The maximum atomic E-state index is 13.4. The van der Waals surface area contributed by atoms with Crippen molar-refractivity contribution in [2.75, 3.05) is 23.1 Å². The first-order valence-electron chi connectivity index (χ1n) is 10.2. The topological polar surface area (TPSA) is 66.5 Å². The highest BCUT2D eigenvalue weighted by Gasteiger charge is 2.29. The second kappa shape index (κ2) is 11.3. The number of carbonyl (C=O) groups is 1. The summed E-state index contributed by atoms with van der Waals surface area (Å²) in [6.45, 7) is 3.85. The standard InChI is InChI=1S/C24H24Cl2N2O3S2/c1-17-6-10-19(11-7-17)32-15-14-27-23(29)16-28(22-5-3-4-21(25)24(22)26)33(30,31)20-12-8-18(2)9-13-20/h3-13H,14-16H2,1-2H3,(H,27,29). The molecule has 1 N–H and O–H groups in total. The predicted molar refractivity (Wildman–Crippen MR) is 137 cm³/mol. The molecule has 5 nitrogen and oxygen atoms in total. The molecule has 0 spiro atoms. The molecule has 0 saturated heterocycles. The number of amides is 1. The zero-order chi connectivity index (χ0) is 24.0. The Morgan fingerprint density at radius 2 is 1.55 bits per heavy atom. The van der Waals surface area contributed by atoms with Gasteiger partial charge >= 0.3 is 0 Å². The van der Waals surface area contributed by atoms with Crippen LogP contribution in [0.2, 0.25) is 10.0 Å². The lowest BCUT2D eigenvalue weighted by Gasteiger charge is -2.25. The summed E-state index contributed by atoms with van der Waals surface area (Å²) < 4.78 is 27.8. The van der Waals surface area contributed by atoms with Gasteiger partial charge in [-0.15, -0.1) is 11.8 Å². The molecule has 3 rings (SSSR count). The van der Waals surface area contributed by atoms with Crippen LogP contribution in [0.25, 0.3) is 0 Å². The minimum atomic E-state index is -4.06. The zero-order valence-corrected chi connectivity index (χ0v) is 21.4. The highest BCUT2D eigenvalue weighted by atomic mass is 35.5. The molecule has 0 unspecified atom stereocenters. The predicted octanol–water partition coefficient (Wildman–Crippen LogP) is 5.71. The number of halogens is 2. The number of anilines is 1.